The molecule has 0 aromatic heterocycles. The van der Waals surface area contributed by atoms with Crippen LogP contribution in [0.5, 0.6) is 11.5 Å². The summed E-state index contributed by atoms with van der Waals surface area (Å²) in [6.45, 7) is 3.95. The van der Waals surface area contributed by atoms with E-state index >= 15 is 0 Å². The van der Waals surface area contributed by atoms with E-state index in [1.807, 2.05) is 0 Å². The molecule has 4 rings (SSSR count). The van der Waals surface area contributed by atoms with E-state index < -0.39 is 12.2 Å². The van der Waals surface area contributed by atoms with Gasteiger partial charge in [-0.15, -0.1) is 0 Å². The monoisotopic (exact) mass is 431 g/mol. The number of likely N-dealkylation sites (N-methyl/N-ethyl adjacent to an activating group) is 1. The fourth-order valence-corrected chi connectivity index (χ4v) is 3.49. The van der Waals surface area contributed by atoms with E-state index in [9.17, 15) is 13.6 Å². The zero-order valence-electron chi connectivity index (χ0n) is 18.1. The summed E-state index contributed by atoms with van der Waals surface area (Å²) in [5.41, 5.74) is 6.78. The van der Waals surface area contributed by atoms with E-state index in [4.69, 9.17) is 10.5 Å². The summed E-state index contributed by atoms with van der Waals surface area (Å²) < 4.78 is 35.1. The fourth-order valence-electron chi connectivity index (χ4n) is 3.49. The van der Waals surface area contributed by atoms with Crippen molar-refractivity contribution in [2.24, 2.45) is 16.6 Å². The molecule has 1 atom stereocenters. The third-order valence-corrected chi connectivity index (χ3v) is 4.85. The van der Waals surface area contributed by atoms with E-state index in [-0.39, 0.29) is 17.6 Å². The first-order valence-corrected chi connectivity index (χ1v) is 10.1. The van der Waals surface area contributed by atoms with Crippen molar-refractivity contribution in [3.8, 4) is 22.6 Å². The lowest BCUT2D eigenvalue weighted by Gasteiger charge is -2.32. The Balaban J connectivity index is 0.000000628. The molecule has 166 valence electrons. The number of fused-ring (bicyclic) bond motifs is 2. The molecule has 31 heavy (non-hydrogen) atoms. The fraction of sp³-hybridized carbons (Fsp3) is 0.391. The van der Waals surface area contributed by atoms with Gasteiger partial charge in [0.05, 0.1) is 6.61 Å². The number of halogens is 2. The molecule has 0 saturated carbocycles. The van der Waals surface area contributed by atoms with Gasteiger partial charge in [0.25, 0.3) is 5.91 Å². The van der Waals surface area contributed by atoms with Gasteiger partial charge in [0.1, 0.15) is 11.5 Å². The molecule has 0 fully saturated rings. The smallest absolute Gasteiger partial charge is 0.387 e. The van der Waals surface area contributed by atoms with Gasteiger partial charge in [-0.05, 0) is 41.3 Å². The number of carbonyl (C=O) groups is 1. The summed E-state index contributed by atoms with van der Waals surface area (Å²) in [7, 11) is 1.58. The summed E-state index contributed by atoms with van der Waals surface area (Å²) in [4.78, 5) is 18.6. The van der Waals surface area contributed by atoms with E-state index in [0.29, 0.717) is 29.9 Å². The third kappa shape index (κ3) is 4.62. The average Bonchev–Trinajstić information content (AvgIpc) is 2.92. The van der Waals surface area contributed by atoms with E-state index in [0.717, 1.165) is 11.5 Å². The Bertz CT molecular complexity index is 991. The number of rotatable bonds is 3. The Hall–Kier alpha value is -3.16. The van der Waals surface area contributed by atoms with E-state index in [1.165, 1.54) is 17.0 Å². The highest BCUT2D eigenvalue weighted by Gasteiger charge is 2.51. The molecular weight excluding hydrogens is 404 g/mol. The highest BCUT2D eigenvalue weighted by molar-refractivity contribution is 6.07. The normalized spacial score (nSPS) is 19.7. The van der Waals surface area contributed by atoms with Crippen LogP contribution in [0.15, 0.2) is 47.5 Å². The van der Waals surface area contributed by atoms with Crippen LogP contribution in [0, 0.1) is 5.92 Å². The van der Waals surface area contributed by atoms with Gasteiger partial charge in [-0.1, -0.05) is 39.0 Å². The van der Waals surface area contributed by atoms with Crippen molar-refractivity contribution in [1.82, 2.24) is 4.90 Å². The number of ether oxygens (including phenoxy) is 2. The summed E-state index contributed by atoms with van der Waals surface area (Å²) in [6.07, 6.45) is 0.377. The molecule has 1 spiro atoms. The second kappa shape index (κ2) is 8.91. The molecule has 1 amide bonds. The molecule has 2 heterocycles. The van der Waals surface area contributed by atoms with Gasteiger partial charge >= 0.3 is 6.61 Å². The first-order valence-electron chi connectivity index (χ1n) is 10.1. The highest BCUT2D eigenvalue weighted by atomic mass is 19.3. The first kappa shape index (κ1) is 22.5. The summed E-state index contributed by atoms with van der Waals surface area (Å²) in [6, 6.07) is 11.7. The van der Waals surface area contributed by atoms with Gasteiger partial charge in [-0.25, -0.2) is 4.99 Å². The molecule has 2 aromatic carbocycles. The van der Waals surface area contributed by atoms with Crippen molar-refractivity contribution in [2.75, 3.05) is 13.7 Å². The van der Waals surface area contributed by atoms with Crippen LogP contribution in [0.3, 0.4) is 0 Å². The minimum absolute atomic E-state index is 0.0603. The van der Waals surface area contributed by atoms with Gasteiger partial charge in [-0.3, -0.25) is 9.69 Å². The molecule has 6 nitrogen and oxygen atoms in total. The minimum atomic E-state index is -2.90. The standard InChI is InChI=1S/C19H17F2N3O3.C4H10/c1-24-16(25)19(23-18(24)22)7-8-26-15-6-5-12(10-14(15)19)11-3-2-4-13(9-11)27-17(20)21;1-4(2)3/h2-6,9-10,17H,7-8H2,1H3,(H2,22,23);4H,1-3H3/t19-;/m1./s1. The molecule has 0 unspecified atom stereocenters. The van der Waals surface area contributed by atoms with Gasteiger partial charge in [0.15, 0.2) is 11.5 Å². The van der Waals surface area contributed by atoms with Gasteiger partial charge in [-0.2, -0.15) is 8.78 Å². The maximum absolute atomic E-state index is 12.9. The van der Waals surface area contributed by atoms with Crippen LogP contribution in [0.25, 0.3) is 11.1 Å². The topological polar surface area (TPSA) is 77.2 Å². The van der Waals surface area contributed by atoms with Crippen molar-refractivity contribution >= 4 is 11.9 Å². The lowest BCUT2D eigenvalue weighted by molar-refractivity contribution is -0.131. The quantitative estimate of drug-likeness (QED) is 0.782. The van der Waals surface area contributed by atoms with Crippen molar-refractivity contribution in [3.63, 3.8) is 0 Å². The number of carbonyl (C=O) groups excluding carboxylic acids is 1. The lowest BCUT2D eigenvalue weighted by Crippen LogP contribution is -2.42. The number of nitrogens with two attached hydrogens (primary N) is 1. The molecule has 2 aromatic rings. The number of aliphatic imine (C=N–C) groups is 1. The van der Waals surface area contributed by atoms with Crippen LogP contribution >= 0.6 is 0 Å². The Labute approximate surface area is 180 Å². The Morgan fingerprint density at radius 2 is 1.84 bits per heavy atom. The Morgan fingerprint density at radius 3 is 2.45 bits per heavy atom. The predicted octanol–water partition coefficient (Wildman–Crippen LogP) is 4.38. The zero-order chi connectivity index (χ0) is 22.8. The molecule has 0 radical (unpaired) electrons. The Kier molecular flexibility index (Phi) is 6.48. The second-order valence-electron chi connectivity index (χ2n) is 8.14. The van der Waals surface area contributed by atoms with Crippen molar-refractivity contribution in [2.45, 2.75) is 39.3 Å². The number of nitrogens with zero attached hydrogens (tertiary/aromatic N) is 2. The summed E-state index contributed by atoms with van der Waals surface area (Å²) in [5, 5.41) is 0. The number of alkyl halides is 2. The molecule has 0 aliphatic carbocycles. The van der Waals surface area contributed by atoms with Crippen LogP contribution in [0.1, 0.15) is 32.8 Å². The first-order chi connectivity index (χ1) is 14.6. The maximum atomic E-state index is 12.9. The number of guanidine groups is 1. The molecular formula is C23H27F2N3O3. The SMILES string of the molecule is CC(C)C.CN1C(=O)[C@]2(CCOc3ccc(-c4cccc(OC(F)F)c4)cc32)N=C1N. The Morgan fingerprint density at radius 1 is 1.16 bits per heavy atom. The lowest BCUT2D eigenvalue weighted by atomic mass is 9.83. The molecule has 2 N–H and O–H groups in total. The molecule has 0 saturated heterocycles. The van der Waals surface area contributed by atoms with Crippen LogP contribution in [0.4, 0.5) is 8.78 Å². The molecule has 0 bridgehead atoms. The summed E-state index contributed by atoms with van der Waals surface area (Å²) >= 11 is 0. The molecule has 2 aliphatic rings. The van der Waals surface area contributed by atoms with Crippen LogP contribution < -0.4 is 15.2 Å². The summed E-state index contributed by atoms with van der Waals surface area (Å²) in [5.74, 6) is 1.40. The van der Waals surface area contributed by atoms with Gasteiger partial charge < -0.3 is 15.2 Å². The van der Waals surface area contributed by atoms with Crippen LogP contribution in [-0.4, -0.2) is 37.0 Å². The maximum Gasteiger partial charge on any atom is 0.387 e. The van der Waals surface area contributed by atoms with Crippen LogP contribution in [-0.2, 0) is 10.3 Å². The number of hydrogen-bond donors (Lipinski definition) is 1. The largest absolute Gasteiger partial charge is 0.493 e. The van der Waals surface area contributed by atoms with Crippen LogP contribution in [0.2, 0.25) is 0 Å². The van der Waals surface area contributed by atoms with E-state index in [1.54, 1.807) is 37.4 Å². The molecule has 8 heteroatoms. The minimum Gasteiger partial charge on any atom is -0.493 e. The van der Waals surface area contributed by atoms with E-state index in [2.05, 4.69) is 30.5 Å². The van der Waals surface area contributed by atoms with Crippen molar-refractivity contribution in [3.05, 3.63) is 48.0 Å². The molecule has 2 aliphatic heterocycles. The third-order valence-electron chi connectivity index (χ3n) is 4.85. The average molecular weight is 431 g/mol. The van der Waals surface area contributed by atoms with Crippen molar-refractivity contribution in [1.29, 1.82) is 0 Å². The number of amides is 1. The van der Waals surface area contributed by atoms with Crippen molar-refractivity contribution < 1.29 is 23.0 Å². The zero-order valence-corrected chi connectivity index (χ0v) is 18.1. The highest BCUT2D eigenvalue weighted by Crippen LogP contribution is 2.45. The van der Waals surface area contributed by atoms with Gasteiger partial charge in [0.2, 0.25) is 0 Å². The van der Waals surface area contributed by atoms with Gasteiger partial charge in [0, 0.05) is 19.0 Å². The second-order valence-corrected chi connectivity index (χ2v) is 8.14. The predicted molar refractivity (Wildman–Crippen MR) is 115 cm³/mol. The number of benzene rings is 2. The number of hydrogen-bond acceptors (Lipinski definition) is 5.